The molecule has 2 unspecified atom stereocenters. The molecule has 46 heavy (non-hydrogen) atoms. The number of carbonyl (C=O) groups excluding carboxylic acids is 1. The summed E-state index contributed by atoms with van der Waals surface area (Å²) in [6.07, 6.45) is 5.50. The van der Waals surface area contributed by atoms with Crippen LogP contribution in [0.15, 0.2) is 71.8 Å². The van der Waals surface area contributed by atoms with E-state index in [1.807, 2.05) is 24.3 Å². The van der Waals surface area contributed by atoms with Crippen molar-refractivity contribution >= 4 is 55.1 Å². The Labute approximate surface area is 269 Å². The van der Waals surface area contributed by atoms with Crippen molar-refractivity contribution in [2.45, 2.75) is 37.0 Å². The summed E-state index contributed by atoms with van der Waals surface area (Å²) in [6.45, 7) is 1.69. The van der Waals surface area contributed by atoms with Gasteiger partial charge < -0.3 is 9.64 Å². The molecule has 1 aliphatic carbocycles. The molecule has 2 atom stereocenters. The number of carbonyl (C=O) groups is 1. The van der Waals surface area contributed by atoms with Crippen LogP contribution in [0.2, 0.25) is 5.02 Å². The van der Waals surface area contributed by atoms with Crippen LogP contribution < -0.4 is 9.64 Å². The highest BCUT2D eigenvalue weighted by Gasteiger charge is 2.35. The van der Waals surface area contributed by atoms with E-state index in [0.29, 0.717) is 45.4 Å². The first-order chi connectivity index (χ1) is 22.2. The van der Waals surface area contributed by atoms with Crippen molar-refractivity contribution in [3.8, 4) is 17.3 Å². The minimum absolute atomic E-state index is 0.00243. The normalized spacial score (nSPS) is 17.9. The lowest BCUT2D eigenvalue weighted by molar-refractivity contribution is 0.0972. The summed E-state index contributed by atoms with van der Waals surface area (Å²) in [6, 6.07) is 15.7. The molecular formula is C34H29ClF2N4O4S. The summed E-state index contributed by atoms with van der Waals surface area (Å²) in [4.78, 5) is 28.1. The fourth-order valence-corrected chi connectivity index (χ4v) is 7.48. The van der Waals surface area contributed by atoms with Crippen molar-refractivity contribution in [1.82, 2.24) is 15.0 Å². The molecule has 1 saturated carbocycles. The number of pyridine rings is 1. The average Bonchev–Trinajstić information content (AvgIpc) is 3.39. The van der Waals surface area contributed by atoms with Crippen LogP contribution in [0.5, 0.6) is 6.01 Å². The second kappa shape index (κ2) is 12.2. The Kier molecular flexibility index (Phi) is 8.06. The lowest BCUT2D eigenvalue weighted by Crippen LogP contribution is -2.37. The van der Waals surface area contributed by atoms with Gasteiger partial charge in [0, 0.05) is 47.2 Å². The van der Waals surface area contributed by atoms with Crippen LogP contribution in [-0.2, 0) is 10.2 Å². The van der Waals surface area contributed by atoms with Crippen LogP contribution in [-0.4, -0.2) is 48.8 Å². The largest absolute Gasteiger partial charge is 0.463 e. The van der Waals surface area contributed by atoms with Crippen molar-refractivity contribution in [1.29, 1.82) is 0 Å². The number of hydrogen-bond acceptors (Lipinski definition) is 8. The standard InChI is InChI=1S/C34H29ClF2N4O4S/c35-27-7-2-5-23-4-1-6-25(29(23)27)31-30(36)32-26(17-38-31)33(41-18-20-9-10-21(16-20)19-41)40-34(39-32)45-15-3-8-28(42)22-11-13-24(14-12-22)46(37,43)44/h1-2,4-7,11-14,17,20-21H,3,8-10,15-16,18-19H2. The van der Waals surface area contributed by atoms with Gasteiger partial charge in [-0.1, -0.05) is 54.1 Å². The zero-order chi connectivity index (χ0) is 32.0. The number of ketones is 1. The maximum Gasteiger partial charge on any atom is 0.332 e. The molecule has 12 heteroatoms. The van der Waals surface area contributed by atoms with Gasteiger partial charge in [0.1, 0.15) is 17.0 Å². The van der Waals surface area contributed by atoms with Crippen LogP contribution in [0.3, 0.4) is 0 Å². The molecule has 2 aromatic heterocycles. The van der Waals surface area contributed by atoms with Gasteiger partial charge in [-0.25, -0.2) is 4.39 Å². The third-order valence-electron chi connectivity index (χ3n) is 8.90. The predicted molar refractivity (Wildman–Crippen MR) is 172 cm³/mol. The second-order valence-electron chi connectivity index (χ2n) is 11.9. The van der Waals surface area contributed by atoms with Gasteiger partial charge in [-0.3, -0.25) is 9.78 Å². The zero-order valence-electron chi connectivity index (χ0n) is 24.6. The third-order valence-corrected chi connectivity index (χ3v) is 10.0. The Morgan fingerprint density at radius 2 is 1.72 bits per heavy atom. The number of halogens is 3. The van der Waals surface area contributed by atoms with Crippen LogP contribution in [0.25, 0.3) is 32.9 Å². The van der Waals surface area contributed by atoms with Crippen LogP contribution >= 0.6 is 11.6 Å². The van der Waals surface area contributed by atoms with Gasteiger partial charge in [0.25, 0.3) is 0 Å². The molecule has 1 saturated heterocycles. The molecule has 2 fully saturated rings. The number of anilines is 1. The molecule has 0 N–H and O–H groups in total. The van der Waals surface area contributed by atoms with Gasteiger partial charge in [-0.15, -0.1) is 3.89 Å². The number of piperidine rings is 1. The quantitative estimate of drug-likeness (QED) is 0.0905. The topological polar surface area (TPSA) is 102 Å². The molecule has 0 spiro atoms. The molecule has 0 radical (unpaired) electrons. The Bertz CT molecular complexity index is 2080. The van der Waals surface area contributed by atoms with Crippen molar-refractivity contribution < 1.29 is 26.2 Å². The molecule has 3 heterocycles. The van der Waals surface area contributed by atoms with Gasteiger partial charge in [-0.05, 0) is 61.1 Å². The van der Waals surface area contributed by atoms with E-state index in [9.17, 15) is 17.1 Å². The second-order valence-corrected chi connectivity index (χ2v) is 13.7. The van der Waals surface area contributed by atoms with Gasteiger partial charge in [-0.2, -0.15) is 18.4 Å². The van der Waals surface area contributed by atoms with Gasteiger partial charge in [0.15, 0.2) is 11.6 Å². The number of hydrogen-bond donors (Lipinski definition) is 0. The van der Waals surface area contributed by atoms with E-state index in [4.69, 9.17) is 21.3 Å². The molecule has 8 nitrogen and oxygen atoms in total. The fraction of sp³-hybridized carbons (Fsp3) is 0.294. The molecule has 0 amide bonds. The van der Waals surface area contributed by atoms with Crippen LogP contribution in [0.4, 0.5) is 14.1 Å². The first kappa shape index (κ1) is 30.4. The lowest BCUT2D eigenvalue weighted by Gasteiger charge is -2.33. The van der Waals surface area contributed by atoms with Crippen molar-refractivity contribution in [2.24, 2.45) is 11.8 Å². The van der Waals surface area contributed by atoms with Crippen LogP contribution in [0, 0.1) is 17.7 Å². The summed E-state index contributed by atoms with van der Waals surface area (Å²) >= 11 is 6.56. The molecular weight excluding hydrogens is 634 g/mol. The average molecular weight is 663 g/mol. The highest BCUT2D eigenvalue weighted by molar-refractivity contribution is 7.86. The summed E-state index contributed by atoms with van der Waals surface area (Å²) in [5, 5.41) is 2.54. The number of Topliss-reactive ketones (excluding diaryl/α,β-unsaturated/α-hetero) is 1. The van der Waals surface area contributed by atoms with Gasteiger partial charge >= 0.3 is 16.2 Å². The molecule has 1 aliphatic heterocycles. The molecule has 236 valence electrons. The number of aromatic nitrogens is 3. The Balaban J connectivity index is 1.19. The number of nitrogens with zero attached hydrogens (tertiary/aromatic N) is 4. The molecule has 3 aromatic carbocycles. The smallest absolute Gasteiger partial charge is 0.332 e. The van der Waals surface area contributed by atoms with Crippen molar-refractivity contribution in [3.63, 3.8) is 0 Å². The van der Waals surface area contributed by atoms with Crippen molar-refractivity contribution in [3.05, 3.63) is 83.3 Å². The fourth-order valence-electron chi connectivity index (χ4n) is 6.73. The molecule has 5 aromatic rings. The zero-order valence-corrected chi connectivity index (χ0v) is 26.2. The number of fused-ring (bicyclic) bond motifs is 4. The first-order valence-corrected chi connectivity index (χ1v) is 16.9. The SMILES string of the molecule is O=C(CCCOc1nc(N2CC3CCC(C3)C2)c2cnc(-c3cccc4cccc(Cl)c34)c(F)c2n1)c1ccc(S(=O)(=O)F)cc1. The highest BCUT2D eigenvalue weighted by Crippen LogP contribution is 2.41. The number of benzene rings is 3. The molecule has 7 rings (SSSR count). The number of rotatable bonds is 9. The van der Waals surface area contributed by atoms with E-state index in [2.05, 4.69) is 14.9 Å². The van der Waals surface area contributed by atoms with E-state index in [-0.39, 0.29) is 41.6 Å². The summed E-state index contributed by atoms with van der Waals surface area (Å²) in [5.41, 5.74) is 1.02. The van der Waals surface area contributed by atoms with E-state index in [1.165, 1.54) is 18.6 Å². The highest BCUT2D eigenvalue weighted by atomic mass is 35.5. The Morgan fingerprint density at radius 1 is 1.00 bits per heavy atom. The summed E-state index contributed by atoms with van der Waals surface area (Å²) in [5.74, 6) is 0.809. The van der Waals surface area contributed by atoms with Crippen molar-refractivity contribution in [2.75, 3.05) is 24.6 Å². The molecule has 2 aliphatic rings. The lowest BCUT2D eigenvalue weighted by atomic mass is 9.98. The van der Waals surface area contributed by atoms with E-state index in [1.54, 1.807) is 18.3 Å². The monoisotopic (exact) mass is 662 g/mol. The van der Waals surface area contributed by atoms with E-state index in [0.717, 1.165) is 43.5 Å². The van der Waals surface area contributed by atoms with E-state index < -0.39 is 20.9 Å². The minimum atomic E-state index is -4.85. The predicted octanol–water partition coefficient (Wildman–Crippen LogP) is 7.57. The van der Waals surface area contributed by atoms with Gasteiger partial charge in [0.2, 0.25) is 0 Å². The minimum Gasteiger partial charge on any atom is -0.463 e. The van der Waals surface area contributed by atoms with Gasteiger partial charge in [0.05, 0.1) is 16.9 Å². The Hall–Kier alpha value is -4.22. The third kappa shape index (κ3) is 5.89. The summed E-state index contributed by atoms with van der Waals surface area (Å²) in [7, 11) is -4.85. The maximum absolute atomic E-state index is 16.5. The molecule has 2 bridgehead atoms. The maximum atomic E-state index is 16.5. The van der Waals surface area contributed by atoms with Crippen LogP contribution in [0.1, 0.15) is 42.5 Å². The summed E-state index contributed by atoms with van der Waals surface area (Å²) < 4.78 is 57.7. The Morgan fingerprint density at radius 3 is 2.43 bits per heavy atom. The first-order valence-electron chi connectivity index (χ1n) is 15.2. The number of ether oxygens (including phenoxy) is 1. The van der Waals surface area contributed by atoms with E-state index >= 15 is 4.39 Å².